The minimum atomic E-state index is -0.920. The Bertz CT molecular complexity index is 376. The third-order valence-corrected chi connectivity index (χ3v) is 2.92. The van der Waals surface area contributed by atoms with E-state index in [-0.39, 0.29) is 18.9 Å². The normalized spacial score (nSPS) is 10.1. The molecule has 88 valence electrons. The highest BCUT2D eigenvalue weighted by Gasteiger charge is 2.09. The molecule has 0 aromatic carbocycles. The monoisotopic (exact) mass is 242 g/mol. The molecule has 1 heterocycles. The first-order valence-corrected chi connectivity index (χ1v) is 5.89. The Balaban J connectivity index is 2.43. The van der Waals surface area contributed by atoms with E-state index in [1.54, 1.807) is 0 Å². The van der Waals surface area contributed by atoms with Crippen molar-refractivity contribution in [3.8, 4) is 0 Å². The van der Waals surface area contributed by atoms with E-state index in [0.29, 0.717) is 4.88 Å². The first-order chi connectivity index (χ1) is 7.63. The molecule has 2 N–H and O–H groups in total. The number of aryl methyl sites for hydroxylation is 1. The highest BCUT2D eigenvalue weighted by atomic mass is 32.1. The van der Waals surface area contributed by atoms with Gasteiger partial charge in [0.05, 0.1) is 17.6 Å². The number of carbonyl (C=O) groups is 2. The highest BCUT2D eigenvalue weighted by molar-refractivity contribution is 7.13. The van der Waals surface area contributed by atoms with Crippen LogP contribution < -0.4 is 5.32 Å². The zero-order valence-corrected chi connectivity index (χ0v) is 9.84. The summed E-state index contributed by atoms with van der Waals surface area (Å²) in [4.78, 5) is 26.4. The quantitative estimate of drug-likeness (QED) is 0.788. The van der Waals surface area contributed by atoms with Crippen LogP contribution in [0.25, 0.3) is 0 Å². The van der Waals surface area contributed by atoms with E-state index < -0.39 is 5.97 Å². The fraction of sp³-hybridized carbons (Fsp3) is 0.500. The molecule has 0 radical (unpaired) electrons. The van der Waals surface area contributed by atoms with Gasteiger partial charge in [-0.25, -0.2) is 4.98 Å². The second kappa shape index (κ2) is 6.22. The summed E-state index contributed by atoms with van der Waals surface area (Å²) in [6.45, 7) is 2.20. The van der Waals surface area contributed by atoms with Crippen LogP contribution in [0.3, 0.4) is 0 Å². The predicted octanol–water partition coefficient (Wildman–Crippen LogP) is 1.30. The first kappa shape index (κ1) is 12.6. The van der Waals surface area contributed by atoms with Gasteiger partial charge in [-0.05, 0) is 12.8 Å². The summed E-state index contributed by atoms with van der Waals surface area (Å²) in [5.74, 6) is -1.17. The van der Waals surface area contributed by atoms with Crippen molar-refractivity contribution < 1.29 is 14.7 Å². The minimum Gasteiger partial charge on any atom is -0.481 e. The molecule has 1 amide bonds. The molecular formula is C10H14N2O3S. The number of amides is 1. The average Bonchev–Trinajstić information content (AvgIpc) is 2.66. The molecule has 6 heteroatoms. The SMILES string of the molecule is CCCc1ncc(C(=O)NCCC(=O)O)s1. The van der Waals surface area contributed by atoms with E-state index >= 15 is 0 Å². The Morgan fingerprint density at radius 2 is 2.31 bits per heavy atom. The van der Waals surface area contributed by atoms with E-state index in [0.717, 1.165) is 17.8 Å². The van der Waals surface area contributed by atoms with Gasteiger partial charge < -0.3 is 10.4 Å². The van der Waals surface area contributed by atoms with Gasteiger partial charge in [-0.1, -0.05) is 6.92 Å². The summed E-state index contributed by atoms with van der Waals surface area (Å²) in [7, 11) is 0. The van der Waals surface area contributed by atoms with Crippen molar-refractivity contribution in [1.29, 1.82) is 0 Å². The number of nitrogens with one attached hydrogen (secondary N) is 1. The summed E-state index contributed by atoms with van der Waals surface area (Å²) in [6, 6.07) is 0. The molecule has 1 aromatic rings. The number of carboxylic acids is 1. The molecule has 0 spiro atoms. The Labute approximate surface area is 97.5 Å². The molecule has 0 unspecified atom stereocenters. The van der Waals surface area contributed by atoms with Crippen LogP contribution in [0.5, 0.6) is 0 Å². The second-order valence-electron chi connectivity index (χ2n) is 3.27. The maximum absolute atomic E-state index is 11.5. The lowest BCUT2D eigenvalue weighted by atomic mass is 10.4. The van der Waals surface area contributed by atoms with Crippen LogP contribution in [0.1, 0.15) is 34.4 Å². The molecule has 0 fully saturated rings. The molecule has 0 saturated heterocycles. The molecule has 0 aliphatic heterocycles. The van der Waals surface area contributed by atoms with Crippen LogP contribution in [-0.2, 0) is 11.2 Å². The number of thiazole rings is 1. The van der Waals surface area contributed by atoms with Crippen molar-refractivity contribution in [1.82, 2.24) is 10.3 Å². The lowest BCUT2D eigenvalue weighted by Crippen LogP contribution is -2.25. The number of hydrogen-bond acceptors (Lipinski definition) is 4. The van der Waals surface area contributed by atoms with Gasteiger partial charge in [-0.3, -0.25) is 9.59 Å². The first-order valence-electron chi connectivity index (χ1n) is 5.08. The molecule has 0 atom stereocenters. The molecule has 0 aliphatic rings. The van der Waals surface area contributed by atoms with E-state index in [2.05, 4.69) is 10.3 Å². The van der Waals surface area contributed by atoms with E-state index in [1.807, 2.05) is 6.92 Å². The van der Waals surface area contributed by atoms with Gasteiger partial charge in [0.1, 0.15) is 4.88 Å². The van der Waals surface area contributed by atoms with Crippen molar-refractivity contribution in [3.63, 3.8) is 0 Å². The number of aromatic nitrogens is 1. The number of hydrogen-bond donors (Lipinski definition) is 2. The Hall–Kier alpha value is -1.43. The second-order valence-corrected chi connectivity index (χ2v) is 4.38. The third kappa shape index (κ3) is 3.98. The Morgan fingerprint density at radius 3 is 2.94 bits per heavy atom. The lowest BCUT2D eigenvalue weighted by Gasteiger charge is -1.99. The van der Waals surface area contributed by atoms with E-state index in [9.17, 15) is 9.59 Å². The average molecular weight is 242 g/mol. The molecule has 16 heavy (non-hydrogen) atoms. The van der Waals surface area contributed by atoms with Crippen molar-refractivity contribution in [2.45, 2.75) is 26.2 Å². The predicted molar refractivity (Wildman–Crippen MR) is 60.7 cm³/mol. The smallest absolute Gasteiger partial charge is 0.305 e. The molecule has 0 bridgehead atoms. The number of aliphatic carboxylic acids is 1. The van der Waals surface area contributed by atoms with Gasteiger partial charge >= 0.3 is 5.97 Å². The fourth-order valence-electron chi connectivity index (χ4n) is 1.11. The van der Waals surface area contributed by atoms with Gasteiger partial charge in [0, 0.05) is 6.54 Å². The van der Waals surface area contributed by atoms with Gasteiger partial charge in [0.15, 0.2) is 0 Å². The number of carboxylic acid groups (broad SMARTS) is 1. The van der Waals surface area contributed by atoms with Gasteiger partial charge in [-0.15, -0.1) is 11.3 Å². The fourth-order valence-corrected chi connectivity index (χ4v) is 2.05. The summed E-state index contributed by atoms with van der Waals surface area (Å²) < 4.78 is 0. The number of carbonyl (C=O) groups excluding carboxylic acids is 1. The molecule has 1 rings (SSSR count). The third-order valence-electron chi connectivity index (χ3n) is 1.87. The zero-order chi connectivity index (χ0) is 12.0. The maximum Gasteiger partial charge on any atom is 0.305 e. The van der Waals surface area contributed by atoms with E-state index in [4.69, 9.17) is 5.11 Å². The Kier molecular flexibility index (Phi) is 4.91. The van der Waals surface area contributed by atoms with Gasteiger partial charge in [0.25, 0.3) is 5.91 Å². The molecule has 0 aliphatic carbocycles. The van der Waals surface area contributed by atoms with Crippen LogP contribution in [0, 0.1) is 0 Å². The molecule has 0 saturated carbocycles. The maximum atomic E-state index is 11.5. The molecular weight excluding hydrogens is 228 g/mol. The number of rotatable bonds is 6. The standard InChI is InChI=1S/C10H14N2O3S/c1-2-3-8-12-6-7(16-8)10(15)11-5-4-9(13)14/h6H,2-5H2,1H3,(H,11,15)(H,13,14). The topological polar surface area (TPSA) is 79.3 Å². The molecule has 1 aromatic heterocycles. The summed E-state index contributed by atoms with van der Waals surface area (Å²) in [5.41, 5.74) is 0. The number of nitrogens with zero attached hydrogens (tertiary/aromatic N) is 1. The van der Waals surface area contributed by atoms with Crippen molar-refractivity contribution >= 4 is 23.2 Å². The largest absolute Gasteiger partial charge is 0.481 e. The summed E-state index contributed by atoms with van der Waals surface area (Å²) in [6.07, 6.45) is 3.33. The Morgan fingerprint density at radius 1 is 1.56 bits per heavy atom. The minimum absolute atomic E-state index is 0.0631. The van der Waals surface area contributed by atoms with E-state index in [1.165, 1.54) is 17.5 Å². The summed E-state index contributed by atoms with van der Waals surface area (Å²) >= 11 is 1.35. The van der Waals surface area contributed by atoms with Crippen LogP contribution >= 0.6 is 11.3 Å². The summed E-state index contributed by atoms with van der Waals surface area (Å²) in [5, 5.41) is 11.9. The van der Waals surface area contributed by atoms with Crippen molar-refractivity contribution in [2.75, 3.05) is 6.54 Å². The van der Waals surface area contributed by atoms with Crippen LogP contribution in [0.4, 0.5) is 0 Å². The zero-order valence-electron chi connectivity index (χ0n) is 9.02. The van der Waals surface area contributed by atoms with Gasteiger partial charge in [0.2, 0.25) is 0 Å². The molecule has 5 nitrogen and oxygen atoms in total. The highest BCUT2D eigenvalue weighted by Crippen LogP contribution is 2.14. The van der Waals surface area contributed by atoms with Crippen LogP contribution in [0.15, 0.2) is 6.20 Å². The van der Waals surface area contributed by atoms with Crippen LogP contribution in [-0.4, -0.2) is 28.5 Å². The lowest BCUT2D eigenvalue weighted by molar-refractivity contribution is -0.136. The van der Waals surface area contributed by atoms with Gasteiger partial charge in [-0.2, -0.15) is 0 Å². The van der Waals surface area contributed by atoms with Crippen molar-refractivity contribution in [3.05, 3.63) is 16.1 Å². The van der Waals surface area contributed by atoms with Crippen LogP contribution in [0.2, 0.25) is 0 Å². The van der Waals surface area contributed by atoms with Crippen molar-refractivity contribution in [2.24, 2.45) is 0 Å².